The van der Waals surface area contributed by atoms with Crippen LogP contribution in [0.5, 0.6) is 0 Å². The zero-order valence-corrected chi connectivity index (χ0v) is 10.3. The van der Waals surface area contributed by atoms with Gasteiger partial charge in [0.1, 0.15) is 0 Å². The van der Waals surface area contributed by atoms with Crippen LogP contribution >= 0.6 is 11.6 Å². The average Bonchev–Trinajstić information content (AvgIpc) is 2.22. The SMILES string of the molecule is Cc1cc(C)c(NC(=O)C(F)(F)C(F)F)c(Cl)c1. The molecule has 1 N–H and O–H groups in total. The summed E-state index contributed by atoms with van der Waals surface area (Å²) in [5.41, 5.74) is 1.09. The third-order valence-corrected chi connectivity index (χ3v) is 2.55. The Kier molecular flexibility index (Phi) is 4.21. The van der Waals surface area contributed by atoms with Gasteiger partial charge in [0.05, 0.1) is 10.7 Å². The number of aryl methyl sites for hydroxylation is 2. The van der Waals surface area contributed by atoms with E-state index < -0.39 is 18.3 Å². The standard InChI is InChI=1S/C11H10ClF4NO/c1-5-3-6(2)8(7(12)4-5)17-10(18)11(15,16)9(13)14/h3-4,9H,1-2H3,(H,17,18). The van der Waals surface area contributed by atoms with Crippen molar-refractivity contribution in [2.24, 2.45) is 0 Å². The number of amides is 1. The van der Waals surface area contributed by atoms with E-state index in [1.165, 1.54) is 13.0 Å². The Morgan fingerprint density at radius 1 is 1.33 bits per heavy atom. The van der Waals surface area contributed by atoms with Gasteiger partial charge in [-0.15, -0.1) is 0 Å². The second kappa shape index (κ2) is 5.14. The van der Waals surface area contributed by atoms with Crippen molar-refractivity contribution in [3.8, 4) is 0 Å². The number of carbonyl (C=O) groups is 1. The van der Waals surface area contributed by atoms with Crippen LogP contribution in [0.1, 0.15) is 11.1 Å². The maximum absolute atomic E-state index is 12.8. The summed E-state index contributed by atoms with van der Waals surface area (Å²) in [6, 6.07) is 3.02. The van der Waals surface area contributed by atoms with Crippen LogP contribution in [0, 0.1) is 13.8 Å². The first kappa shape index (κ1) is 14.8. The summed E-state index contributed by atoms with van der Waals surface area (Å²) in [6.07, 6.45) is -4.07. The summed E-state index contributed by atoms with van der Waals surface area (Å²) < 4.78 is 49.5. The zero-order chi connectivity index (χ0) is 14.1. The van der Waals surface area contributed by atoms with Gasteiger partial charge in [-0.05, 0) is 31.0 Å². The predicted octanol–water partition coefficient (Wildman–Crippen LogP) is 3.80. The van der Waals surface area contributed by atoms with Crippen LogP contribution in [0.4, 0.5) is 23.2 Å². The molecule has 0 aliphatic carbocycles. The van der Waals surface area contributed by atoms with Crippen molar-refractivity contribution in [3.63, 3.8) is 0 Å². The van der Waals surface area contributed by atoms with E-state index in [9.17, 15) is 22.4 Å². The molecule has 0 spiro atoms. The van der Waals surface area contributed by atoms with Gasteiger partial charge in [0.15, 0.2) is 0 Å². The Hall–Kier alpha value is -1.30. The smallest absolute Gasteiger partial charge is 0.319 e. The van der Waals surface area contributed by atoms with Crippen LogP contribution < -0.4 is 5.32 Å². The molecule has 18 heavy (non-hydrogen) atoms. The van der Waals surface area contributed by atoms with Gasteiger partial charge in [0.25, 0.3) is 0 Å². The molecular formula is C11H10ClF4NO. The first-order valence-electron chi connectivity index (χ1n) is 4.90. The van der Waals surface area contributed by atoms with Gasteiger partial charge < -0.3 is 5.32 Å². The van der Waals surface area contributed by atoms with E-state index in [2.05, 4.69) is 0 Å². The number of hydrogen-bond donors (Lipinski definition) is 1. The molecule has 1 amide bonds. The van der Waals surface area contributed by atoms with Crippen molar-refractivity contribution >= 4 is 23.2 Å². The van der Waals surface area contributed by atoms with Gasteiger partial charge in [-0.3, -0.25) is 4.79 Å². The summed E-state index contributed by atoms with van der Waals surface area (Å²) in [5, 5.41) is 1.75. The summed E-state index contributed by atoms with van der Waals surface area (Å²) in [4.78, 5) is 11.1. The summed E-state index contributed by atoms with van der Waals surface area (Å²) in [7, 11) is 0. The minimum atomic E-state index is -4.75. The topological polar surface area (TPSA) is 29.1 Å². The lowest BCUT2D eigenvalue weighted by Gasteiger charge is -2.17. The fourth-order valence-electron chi connectivity index (χ4n) is 1.37. The molecule has 0 unspecified atom stereocenters. The van der Waals surface area contributed by atoms with Crippen molar-refractivity contribution in [2.75, 3.05) is 5.32 Å². The third kappa shape index (κ3) is 2.93. The molecule has 1 aromatic carbocycles. The van der Waals surface area contributed by atoms with Gasteiger partial charge >= 0.3 is 18.3 Å². The molecule has 1 aromatic rings. The maximum Gasteiger partial charge on any atom is 0.383 e. The number of carbonyl (C=O) groups excluding carboxylic acids is 1. The molecule has 0 atom stereocenters. The van der Waals surface area contributed by atoms with Gasteiger partial charge in [-0.2, -0.15) is 8.78 Å². The van der Waals surface area contributed by atoms with Gasteiger partial charge in [-0.25, -0.2) is 8.78 Å². The number of nitrogens with one attached hydrogen (secondary N) is 1. The predicted molar refractivity (Wildman–Crippen MR) is 60.5 cm³/mol. The van der Waals surface area contributed by atoms with Crippen molar-refractivity contribution in [1.29, 1.82) is 0 Å². The molecule has 0 fully saturated rings. The third-order valence-electron chi connectivity index (χ3n) is 2.25. The van der Waals surface area contributed by atoms with Crippen LogP contribution in [0.25, 0.3) is 0 Å². The van der Waals surface area contributed by atoms with Gasteiger partial charge in [0, 0.05) is 0 Å². The Bertz CT molecular complexity index is 453. The first-order valence-corrected chi connectivity index (χ1v) is 5.28. The van der Waals surface area contributed by atoms with Crippen molar-refractivity contribution in [1.82, 2.24) is 0 Å². The quantitative estimate of drug-likeness (QED) is 0.840. The van der Waals surface area contributed by atoms with E-state index in [1.54, 1.807) is 18.3 Å². The van der Waals surface area contributed by atoms with Crippen molar-refractivity contribution in [2.45, 2.75) is 26.2 Å². The van der Waals surface area contributed by atoms with Crippen molar-refractivity contribution < 1.29 is 22.4 Å². The molecule has 0 saturated heterocycles. The van der Waals surface area contributed by atoms with E-state index in [0.29, 0.717) is 5.56 Å². The molecule has 2 nitrogen and oxygen atoms in total. The van der Waals surface area contributed by atoms with Crippen molar-refractivity contribution in [3.05, 3.63) is 28.3 Å². The average molecular weight is 284 g/mol. The highest BCUT2D eigenvalue weighted by molar-refractivity contribution is 6.34. The largest absolute Gasteiger partial charge is 0.383 e. The molecule has 0 aliphatic rings. The molecule has 0 heterocycles. The fourth-order valence-corrected chi connectivity index (χ4v) is 1.74. The lowest BCUT2D eigenvalue weighted by atomic mass is 10.1. The second-order valence-corrected chi connectivity index (χ2v) is 4.22. The molecule has 1 rings (SSSR count). The minimum Gasteiger partial charge on any atom is -0.319 e. The lowest BCUT2D eigenvalue weighted by molar-refractivity contribution is -0.163. The maximum atomic E-state index is 12.8. The van der Waals surface area contributed by atoms with Crippen LogP contribution in [-0.4, -0.2) is 18.3 Å². The normalized spacial score (nSPS) is 11.8. The minimum absolute atomic E-state index is 0.0194. The van der Waals surface area contributed by atoms with Crippen LogP contribution in [-0.2, 0) is 4.79 Å². The molecular weight excluding hydrogens is 274 g/mol. The van der Waals surface area contributed by atoms with Crippen LogP contribution in [0.15, 0.2) is 12.1 Å². The molecule has 7 heteroatoms. The van der Waals surface area contributed by atoms with E-state index in [0.717, 1.165) is 5.56 Å². The number of halogens is 5. The molecule has 100 valence electrons. The Labute approximate surface area is 106 Å². The summed E-state index contributed by atoms with van der Waals surface area (Å²) in [6.45, 7) is 3.24. The van der Waals surface area contributed by atoms with E-state index in [-0.39, 0.29) is 10.7 Å². The fraction of sp³-hybridized carbons (Fsp3) is 0.364. The van der Waals surface area contributed by atoms with E-state index >= 15 is 0 Å². The van der Waals surface area contributed by atoms with E-state index in [1.807, 2.05) is 0 Å². The Morgan fingerprint density at radius 3 is 2.33 bits per heavy atom. The van der Waals surface area contributed by atoms with Crippen LogP contribution in [0.2, 0.25) is 5.02 Å². The number of rotatable bonds is 3. The van der Waals surface area contributed by atoms with Crippen LogP contribution in [0.3, 0.4) is 0 Å². The zero-order valence-electron chi connectivity index (χ0n) is 9.53. The number of hydrogen-bond acceptors (Lipinski definition) is 1. The van der Waals surface area contributed by atoms with Gasteiger partial charge in [-0.1, -0.05) is 17.7 Å². The molecule has 0 aliphatic heterocycles. The first-order chi connectivity index (χ1) is 8.16. The Morgan fingerprint density at radius 2 is 1.89 bits per heavy atom. The monoisotopic (exact) mass is 283 g/mol. The van der Waals surface area contributed by atoms with Gasteiger partial charge in [0.2, 0.25) is 0 Å². The highest BCUT2D eigenvalue weighted by atomic mass is 35.5. The Balaban J connectivity index is 3.03. The molecule has 0 aromatic heterocycles. The number of alkyl halides is 4. The second-order valence-electron chi connectivity index (χ2n) is 3.82. The highest BCUT2D eigenvalue weighted by Gasteiger charge is 2.49. The highest BCUT2D eigenvalue weighted by Crippen LogP contribution is 2.30. The number of benzene rings is 1. The molecule has 0 bridgehead atoms. The summed E-state index contributed by atoms with van der Waals surface area (Å²) >= 11 is 5.76. The summed E-state index contributed by atoms with van der Waals surface area (Å²) in [5.74, 6) is -6.83. The molecule has 0 saturated carbocycles. The lowest BCUT2D eigenvalue weighted by Crippen LogP contribution is -2.41. The van der Waals surface area contributed by atoms with E-state index in [4.69, 9.17) is 11.6 Å². The number of anilines is 1. The molecule has 0 radical (unpaired) electrons.